The normalized spacial score (nSPS) is 10.3. The van der Waals surface area contributed by atoms with Crippen molar-refractivity contribution < 1.29 is 4.74 Å². The Bertz CT molecular complexity index is 551. The van der Waals surface area contributed by atoms with Crippen molar-refractivity contribution in [1.82, 2.24) is 9.97 Å². The second-order valence-electron chi connectivity index (χ2n) is 3.52. The first kappa shape index (κ1) is 13.0. The Morgan fingerprint density at radius 3 is 2.94 bits per heavy atom. The molecule has 0 spiro atoms. The van der Waals surface area contributed by atoms with Gasteiger partial charge in [0.15, 0.2) is 0 Å². The third-order valence-electron chi connectivity index (χ3n) is 2.25. The number of halogens is 1. The Morgan fingerprint density at radius 1 is 1.39 bits per heavy atom. The van der Waals surface area contributed by atoms with Gasteiger partial charge in [-0.3, -0.25) is 0 Å². The molecule has 2 rings (SSSR count). The Kier molecular flexibility index (Phi) is 4.28. The third kappa shape index (κ3) is 3.27. The van der Waals surface area contributed by atoms with Gasteiger partial charge < -0.3 is 10.5 Å². The maximum atomic E-state index is 5.73. The van der Waals surface area contributed by atoms with Crippen LogP contribution >= 0.6 is 23.4 Å². The van der Waals surface area contributed by atoms with E-state index < -0.39 is 0 Å². The molecule has 1 aromatic carbocycles. The molecule has 4 nitrogen and oxygen atoms in total. The first-order valence-corrected chi connectivity index (χ1v) is 6.59. The smallest absolute Gasteiger partial charge is 0.222 e. The molecular weight excluding hydrogens is 270 g/mol. The number of nitrogens with zero attached hydrogens (tertiary/aromatic N) is 2. The lowest BCUT2D eigenvalue weighted by Crippen LogP contribution is -1.92. The van der Waals surface area contributed by atoms with Crippen LogP contribution in [0.5, 0.6) is 5.75 Å². The van der Waals surface area contributed by atoms with Crippen molar-refractivity contribution >= 4 is 29.1 Å². The quantitative estimate of drug-likeness (QED) is 0.530. The van der Waals surface area contributed by atoms with E-state index in [1.807, 2.05) is 18.2 Å². The first-order chi connectivity index (χ1) is 8.69. The van der Waals surface area contributed by atoms with Crippen molar-refractivity contribution in [2.45, 2.75) is 10.6 Å². The molecule has 94 valence electrons. The van der Waals surface area contributed by atoms with Gasteiger partial charge in [0, 0.05) is 28.6 Å². The lowest BCUT2D eigenvalue weighted by atomic mass is 10.3. The van der Waals surface area contributed by atoms with E-state index in [4.69, 9.17) is 22.1 Å². The number of anilines is 1. The number of hydrogen-bond acceptors (Lipinski definition) is 5. The molecule has 6 heteroatoms. The highest BCUT2D eigenvalue weighted by Crippen LogP contribution is 2.32. The van der Waals surface area contributed by atoms with Gasteiger partial charge in [-0.1, -0.05) is 0 Å². The van der Waals surface area contributed by atoms with Crippen molar-refractivity contribution in [3.05, 3.63) is 41.4 Å². The number of hydrogen-bond donors (Lipinski definition) is 1. The van der Waals surface area contributed by atoms with Crippen LogP contribution in [0.25, 0.3) is 0 Å². The summed E-state index contributed by atoms with van der Waals surface area (Å²) in [6, 6.07) is 7.41. The number of aromatic nitrogens is 2. The zero-order valence-corrected chi connectivity index (χ0v) is 11.3. The fourth-order valence-electron chi connectivity index (χ4n) is 1.40. The molecule has 2 N–H and O–H groups in total. The molecule has 0 saturated heterocycles. The predicted molar refractivity (Wildman–Crippen MR) is 74.0 cm³/mol. The van der Waals surface area contributed by atoms with Gasteiger partial charge >= 0.3 is 0 Å². The monoisotopic (exact) mass is 281 g/mol. The fraction of sp³-hybridized carbons (Fsp3) is 0.167. The first-order valence-electron chi connectivity index (χ1n) is 5.23. The maximum Gasteiger partial charge on any atom is 0.222 e. The zero-order chi connectivity index (χ0) is 13.0. The van der Waals surface area contributed by atoms with Crippen LogP contribution in [0.15, 0.2) is 35.4 Å². The van der Waals surface area contributed by atoms with Gasteiger partial charge in [-0.15, -0.1) is 11.8 Å². The van der Waals surface area contributed by atoms with Crippen LogP contribution in [0.4, 0.5) is 5.69 Å². The van der Waals surface area contributed by atoms with Gasteiger partial charge in [-0.25, -0.2) is 9.97 Å². The van der Waals surface area contributed by atoms with E-state index in [-0.39, 0.29) is 5.28 Å². The average Bonchev–Trinajstić information content (AvgIpc) is 2.37. The SMILES string of the molecule is COc1cc(N)ccc1SCc1ccnc(Cl)n1. The van der Waals surface area contributed by atoms with Gasteiger partial charge in [-0.05, 0) is 29.8 Å². The van der Waals surface area contributed by atoms with Crippen LogP contribution in [0.3, 0.4) is 0 Å². The van der Waals surface area contributed by atoms with Crippen LogP contribution in [0.1, 0.15) is 5.69 Å². The fourth-order valence-corrected chi connectivity index (χ4v) is 2.48. The molecule has 0 unspecified atom stereocenters. The summed E-state index contributed by atoms with van der Waals surface area (Å²) in [5.74, 6) is 1.46. The number of rotatable bonds is 4. The van der Waals surface area contributed by atoms with E-state index in [1.165, 1.54) is 0 Å². The van der Waals surface area contributed by atoms with Crippen LogP contribution < -0.4 is 10.5 Å². The summed E-state index contributed by atoms with van der Waals surface area (Å²) in [6.45, 7) is 0. The molecular formula is C12H12ClN3OS. The van der Waals surface area contributed by atoms with Gasteiger partial charge in [0.25, 0.3) is 0 Å². The summed E-state index contributed by atoms with van der Waals surface area (Å²) < 4.78 is 5.28. The Balaban J connectivity index is 2.10. The molecule has 1 aromatic heterocycles. The summed E-state index contributed by atoms with van der Waals surface area (Å²) in [7, 11) is 1.63. The van der Waals surface area contributed by atoms with E-state index in [2.05, 4.69) is 9.97 Å². The molecule has 0 amide bonds. The minimum Gasteiger partial charge on any atom is -0.496 e. The van der Waals surface area contributed by atoms with E-state index >= 15 is 0 Å². The van der Waals surface area contributed by atoms with Crippen LogP contribution in [-0.4, -0.2) is 17.1 Å². The Morgan fingerprint density at radius 2 is 2.22 bits per heavy atom. The number of methoxy groups -OCH3 is 1. The van der Waals surface area contributed by atoms with Gasteiger partial charge in [0.1, 0.15) is 5.75 Å². The highest BCUT2D eigenvalue weighted by atomic mass is 35.5. The number of nitrogens with two attached hydrogens (primary N) is 1. The van der Waals surface area contributed by atoms with Crippen LogP contribution in [-0.2, 0) is 5.75 Å². The summed E-state index contributed by atoms with van der Waals surface area (Å²) in [6.07, 6.45) is 1.64. The molecule has 0 saturated carbocycles. The summed E-state index contributed by atoms with van der Waals surface area (Å²) >= 11 is 7.35. The Hall–Kier alpha value is -1.46. The standard InChI is InChI=1S/C12H12ClN3OS/c1-17-10-6-8(14)2-3-11(10)18-7-9-4-5-15-12(13)16-9/h2-6H,7,14H2,1H3. The molecule has 0 aliphatic rings. The average molecular weight is 282 g/mol. The molecule has 1 heterocycles. The molecule has 0 fully saturated rings. The van der Waals surface area contributed by atoms with Crippen molar-refractivity contribution in [2.75, 3.05) is 12.8 Å². The van der Waals surface area contributed by atoms with Crippen molar-refractivity contribution in [3.8, 4) is 5.75 Å². The lowest BCUT2D eigenvalue weighted by molar-refractivity contribution is 0.405. The largest absolute Gasteiger partial charge is 0.496 e. The topological polar surface area (TPSA) is 61.0 Å². The number of thioether (sulfide) groups is 1. The number of ether oxygens (including phenoxy) is 1. The van der Waals surface area contributed by atoms with E-state index in [0.717, 1.165) is 16.3 Å². The van der Waals surface area contributed by atoms with Crippen molar-refractivity contribution in [1.29, 1.82) is 0 Å². The van der Waals surface area contributed by atoms with E-state index in [0.29, 0.717) is 11.4 Å². The van der Waals surface area contributed by atoms with Crippen molar-refractivity contribution in [3.63, 3.8) is 0 Å². The van der Waals surface area contributed by atoms with Gasteiger partial charge in [-0.2, -0.15) is 0 Å². The number of nitrogen functional groups attached to an aromatic ring is 1. The lowest BCUT2D eigenvalue weighted by Gasteiger charge is -2.08. The summed E-state index contributed by atoms with van der Waals surface area (Å²) in [5.41, 5.74) is 7.26. The minimum atomic E-state index is 0.261. The highest BCUT2D eigenvalue weighted by molar-refractivity contribution is 7.98. The predicted octanol–water partition coefficient (Wildman–Crippen LogP) is 3.01. The van der Waals surface area contributed by atoms with E-state index in [9.17, 15) is 0 Å². The molecule has 0 radical (unpaired) electrons. The van der Waals surface area contributed by atoms with Crippen LogP contribution in [0.2, 0.25) is 5.28 Å². The summed E-state index contributed by atoms with van der Waals surface area (Å²) in [4.78, 5) is 8.99. The van der Waals surface area contributed by atoms with Gasteiger partial charge in [0.05, 0.1) is 12.8 Å². The molecule has 2 aromatic rings. The van der Waals surface area contributed by atoms with E-state index in [1.54, 1.807) is 31.1 Å². The van der Waals surface area contributed by atoms with Crippen molar-refractivity contribution in [2.24, 2.45) is 0 Å². The van der Waals surface area contributed by atoms with Gasteiger partial charge in [0.2, 0.25) is 5.28 Å². The molecule has 18 heavy (non-hydrogen) atoms. The minimum absolute atomic E-state index is 0.261. The number of benzene rings is 1. The molecule has 0 aliphatic carbocycles. The third-order valence-corrected chi connectivity index (χ3v) is 3.52. The second-order valence-corrected chi connectivity index (χ2v) is 4.87. The maximum absolute atomic E-state index is 5.73. The molecule has 0 aliphatic heterocycles. The van der Waals surface area contributed by atoms with Crippen LogP contribution in [0, 0.1) is 0 Å². The Labute approximate surface area is 115 Å². The zero-order valence-electron chi connectivity index (χ0n) is 9.76. The molecule has 0 atom stereocenters. The second kappa shape index (κ2) is 5.93. The highest BCUT2D eigenvalue weighted by Gasteiger charge is 2.05. The molecule has 0 bridgehead atoms. The summed E-state index contributed by atoms with van der Waals surface area (Å²) in [5, 5.41) is 0.261.